The fourth-order valence-electron chi connectivity index (χ4n) is 2.30. The molecule has 1 heterocycles. The van der Waals surface area contributed by atoms with E-state index in [0.29, 0.717) is 13.1 Å². The Kier molecular flexibility index (Phi) is 4.28. The summed E-state index contributed by atoms with van der Waals surface area (Å²) in [5, 5.41) is 9.27. The van der Waals surface area contributed by atoms with Gasteiger partial charge in [0.25, 0.3) is 0 Å². The molecule has 0 spiro atoms. The van der Waals surface area contributed by atoms with Gasteiger partial charge in [-0.05, 0) is 24.6 Å². The lowest BCUT2D eigenvalue weighted by Gasteiger charge is -2.36. The van der Waals surface area contributed by atoms with Crippen molar-refractivity contribution >= 4 is 23.2 Å². The van der Waals surface area contributed by atoms with Crippen LogP contribution in [0.4, 0.5) is 5.69 Å². The topological polar surface area (TPSA) is 47.3 Å². The zero-order valence-electron chi connectivity index (χ0n) is 10.9. The predicted octanol–water partition coefficient (Wildman–Crippen LogP) is 2.21. The summed E-state index contributed by atoms with van der Waals surface area (Å²) in [6.45, 7) is 4.93. The van der Waals surface area contributed by atoms with Crippen LogP contribution in [0.15, 0.2) is 18.2 Å². The number of anilines is 1. The number of aryl methyl sites for hydroxylation is 1. The van der Waals surface area contributed by atoms with Crippen LogP contribution in [0, 0.1) is 18.3 Å². The molecule has 0 saturated carbocycles. The molecule has 1 aliphatic rings. The van der Waals surface area contributed by atoms with E-state index in [1.54, 1.807) is 4.90 Å². The molecular formula is C14H16ClN3O. The van der Waals surface area contributed by atoms with Gasteiger partial charge in [-0.25, -0.2) is 0 Å². The van der Waals surface area contributed by atoms with Crippen molar-refractivity contribution in [3.05, 3.63) is 28.8 Å². The van der Waals surface area contributed by atoms with Crippen molar-refractivity contribution in [1.29, 1.82) is 5.26 Å². The number of nitriles is 1. The maximum absolute atomic E-state index is 11.6. The SMILES string of the molecule is Cc1ccc(Cl)cc1N1CCN(C(=O)CC#N)CC1. The normalized spacial score (nSPS) is 15.2. The first-order valence-corrected chi connectivity index (χ1v) is 6.65. The average Bonchev–Trinajstić information content (AvgIpc) is 2.42. The third-order valence-corrected chi connectivity index (χ3v) is 3.61. The number of rotatable bonds is 2. The smallest absolute Gasteiger partial charge is 0.236 e. The first kappa shape index (κ1) is 13.7. The van der Waals surface area contributed by atoms with Crippen LogP contribution in [0.2, 0.25) is 5.02 Å². The molecule has 1 aromatic carbocycles. The number of carbonyl (C=O) groups is 1. The summed E-state index contributed by atoms with van der Waals surface area (Å²) in [6, 6.07) is 7.75. The van der Waals surface area contributed by atoms with Crippen LogP contribution in [0.1, 0.15) is 12.0 Å². The van der Waals surface area contributed by atoms with Crippen LogP contribution in [0.25, 0.3) is 0 Å². The third-order valence-electron chi connectivity index (χ3n) is 3.37. The molecule has 0 aliphatic carbocycles. The number of piperazine rings is 1. The number of nitrogens with zero attached hydrogens (tertiary/aromatic N) is 3. The lowest BCUT2D eigenvalue weighted by atomic mass is 10.1. The lowest BCUT2D eigenvalue weighted by Crippen LogP contribution is -2.48. The second-order valence-electron chi connectivity index (χ2n) is 4.63. The van der Waals surface area contributed by atoms with Gasteiger partial charge >= 0.3 is 0 Å². The highest BCUT2D eigenvalue weighted by Crippen LogP contribution is 2.25. The Balaban J connectivity index is 2.02. The van der Waals surface area contributed by atoms with Gasteiger partial charge in [0.05, 0.1) is 6.07 Å². The minimum Gasteiger partial charge on any atom is -0.368 e. The first-order valence-electron chi connectivity index (χ1n) is 6.27. The summed E-state index contributed by atoms with van der Waals surface area (Å²) in [5.41, 5.74) is 2.31. The number of amides is 1. The van der Waals surface area contributed by atoms with E-state index in [4.69, 9.17) is 16.9 Å². The van der Waals surface area contributed by atoms with Crippen molar-refractivity contribution in [2.45, 2.75) is 13.3 Å². The largest absolute Gasteiger partial charge is 0.368 e. The van der Waals surface area contributed by atoms with Gasteiger partial charge in [0.15, 0.2) is 0 Å². The molecule has 0 unspecified atom stereocenters. The van der Waals surface area contributed by atoms with Crippen molar-refractivity contribution in [2.75, 3.05) is 31.1 Å². The molecule has 2 rings (SSSR count). The second kappa shape index (κ2) is 5.94. The van der Waals surface area contributed by atoms with E-state index in [1.165, 1.54) is 5.56 Å². The van der Waals surface area contributed by atoms with Crippen molar-refractivity contribution in [1.82, 2.24) is 4.90 Å². The first-order chi connectivity index (χ1) is 9.11. The highest BCUT2D eigenvalue weighted by Gasteiger charge is 2.21. The zero-order valence-corrected chi connectivity index (χ0v) is 11.7. The molecular weight excluding hydrogens is 262 g/mol. The van der Waals surface area contributed by atoms with Gasteiger partial charge in [-0.2, -0.15) is 5.26 Å². The molecule has 1 amide bonds. The Hall–Kier alpha value is -1.73. The third kappa shape index (κ3) is 3.18. The Labute approximate surface area is 118 Å². The average molecular weight is 278 g/mol. The molecule has 100 valence electrons. The summed E-state index contributed by atoms with van der Waals surface area (Å²) in [7, 11) is 0. The summed E-state index contributed by atoms with van der Waals surface area (Å²) < 4.78 is 0. The van der Waals surface area contributed by atoms with E-state index < -0.39 is 0 Å². The maximum atomic E-state index is 11.6. The molecule has 5 heteroatoms. The Morgan fingerprint density at radius 1 is 1.37 bits per heavy atom. The van der Waals surface area contributed by atoms with Gasteiger partial charge in [0.2, 0.25) is 5.91 Å². The minimum absolute atomic E-state index is 0.0316. The molecule has 0 aromatic heterocycles. The fraction of sp³-hybridized carbons (Fsp3) is 0.429. The summed E-state index contributed by atoms with van der Waals surface area (Å²) >= 11 is 6.03. The van der Waals surface area contributed by atoms with E-state index >= 15 is 0 Å². The molecule has 0 atom stereocenters. The summed E-state index contributed by atoms with van der Waals surface area (Å²) in [5.74, 6) is -0.0787. The molecule has 1 fully saturated rings. The number of halogens is 1. The molecule has 0 bridgehead atoms. The standard InChI is InChI=1S/C14H16ClN3O/c1-11-2-3-12(15)10-13(11)17-6-8-18(9-7-17)14(19)4-5-16/h2-3,10H,4,6-9H2,1H3. The van der Waals surface area contributed by atoms with Gasteiger partial charge in [0, 0.05) is 36.9 Å². The quantitative estimate of drug-likeness (QED) is 0.833. The van der Waals surface area contributed by atoms with Crippen LogP contribution in [-0.4, -0.2) is 37.0 Å². The molecule has 1 saturated heterocycles. The predicted molar refractivity (Wildman–Crippen MR) is 75.2 cm³/mol. The zero-order chi connectivity index (χ0) is 13.8. The van der Waals surface area contributed by atoms with Crippen LogP contribution in [0.3, 0.4) is 0 Å². The van der Waals surface area contributed by atoms with E-state index in [-0.39, 0.29) is 12.3 Å². The van der Waals surface area contributed by atoms with E-state index in [9.17, 15) is 4.79 Å². The van der Waals surface area contributed by atoms with E-state index in [0.717, 1.165) is 23.8 Å². The van der Waals surface area contributed by atoms with Crippen molar-refractivity contribution in [2.24, 2.45) is 0 Å². The van der Waals surface area contributed by atoms with Crippen molar-refractivity contribution in [3.8, 4) is 6.07 Å². The fourth-order valence-corrected chi connectivity index (χ4v) is 2.47. The number of hydrogen-bond donors (Lipinski definition) is 0. The van der Waals surface area contributed by atoms with Gasteiger partial charge in [-0.1, -0.05) is 17.7 Å². The van der Waals surface area contributed by atoms with Crippen LogP contribution in [-0.2, 0) is 4.79 Å². The van der Waals surface area contributed by atoms with E-state index in [1.807, 2.05) is 24.3 Å². The van der Waals surface area contributed by atoms with Crippen molar-refractivity contribution < 1.29 is 4.79 Å². The lowest BCUT2D eigenvalue weighted by molar-refractivity contribution is -0.130. The van der Waals surface area contributed by atoms with Gasteiger partial charge < -0.3 is 9.80 Å². The maximum Gasteiger partial charge on any atom is 0.236 e. The molecule has 0 radical (unpaired) electrons. The molecule has 0 N–H and O–H groups in total. The van der Waals surface area contributed by atoms with Gasteiger partial charge in [0.1, 0.15) is 6.42 Å². The van der Waals surface area contributed by atoms with Crippen LogP contribution < -0.4 is 4.90 Å². The highest BCUT2D eigenvalue weighted by molar-refractivity contribution is 6.30. The Morgan fingerprint density at radius 2 is 2.05 bits per heavy atom. The number of carbonyl (C=O) groups excluding carboxylic acids is 1. The molecule has 1 aliphatic heterocycles. The van der Waals surface area contributed by atoms with Crippen LogP contribution >= 0.6 is 11.6 Å². The number of hydrogen-bond acceptors (Lipinski definition) is 3. The molecule has 4 nitrogen and oxygen atoms in total. The molecule has 1 aromatic rings. The Bertz CT molecular complexity index is 516. The highest BCUT2D eigenvalue weighted by atomic mass is 35.5. The minimum atomic E-state index is -0.0787. The number of benzene rings is 1. The summed E-state index contributed by atoms with van der Waals surface area (Å²) in [4.78, 5) is 15.6. The van der Waals surface area contributed by atoms with E-state index in [2.05, 4.69) is 11.8 Å². The second-order valence-corrected chi connectivity index (χ2v) is 5.07. The van der Waals surface area contributed by atoms with Crippen LogP contribution in [0.5, 0.6) is 0 Å². The Morgan fingerprint density at radius 3 is 2.68 bits per heavy atom. The molecule has 19 heavy (non-hydrogen) atoms. The van der Waals surface area contributed by atoms with Gasteiger partial charge in [-0.3, -0.25) is 4.79 Å². The summed E-state index contributed by atoms with van der Waals surface area (Å²) in [6.07, 6.45) is -0.0316. The monoisotopic (exact) mass is 277 g/mol. The van der Waals surface area contributed by atoms with Gasteiger partial charge in [-0.15, -0.1) is 0 Å². The van der Waals surface area contributed by atoms with Crippen molar-refractivity contribution in [3.63, 3.8) is 0 Å².